The molecule has 0 spiro atoms. The van der Waals surface area contributed by atoms with E-state index < -0.39 is 29.2 Å². The number of carbonyl (C=O) groups is 3. The van der Waals surface area contributed by atoms with Crippen molar-refractivity contribution >= 4 is 23.7 Å². The van der Waals surface area contributed by atoms with Gasteiger partial charge in [-0.25, -0.2) is 9.78 Å². The molecule has 2 heterocycles. The molecule has 4 amide bonds. The molecule has 1 saturated carbocycles. The minimum atomic E-state index is -4.72. The normalized spacial score (nSPS) is 16.8. The molecule has 2 aliphatic rings. The van der Waals surface area contributed by atoms with E-state index >= 15 is 0 Å². The number of aromatic nitrogens is 1. The van der Waals surface area contributed by atoms with E-state index in [9.17, 15) is 27.6 Å². The lowest BCUT2D eigenvalue weighted by atomic mass is 10.1. The molecule has 0 atom stereocenters. The largest absolute Gasteiger partial charge is 0.417 e. The summed E-state index contributed by atoms with van der Waals surface area (Å²) < 4.78 is 39.9. The second-order valence-electron chi connectivity index (χ2n) is 7.85. The molecule has 1 aromatic heterocycles. The van der Waals surface area contributed by atoms with Crippen LogP contribution < -0.4 is 10.2 Å². The molecule has 1 saturated heterocycles. The number of rotatable bonds is 5. The Balaban J connectivity index is 1.50. The number of nitrogens with one attached hydrogen (secondary N) is 1. The standard InChI is InChI=1S/C22H21F3N4O3/c23-22(24,25)17-5-2-1-4-16(17)20(31)29-11-3-10-28(21(29)32)18-9-8-15(13-26-18)19(30)27-12-14-6-7-14/h1-2,4-5,8-9,13-14H,3,6-7,10-12H2,(H,27,30). The maximum absolute atomic E-state index is 13.3. The van der Waals surface area contributed by atoms with Crippen LogP contribution in [0.2, 0.25) is 0 Å². The van der Waals surface area contributed by atoms with E-state index in [1.807, 2.05) is 0 Å². The smallest absolute Gasteiger partial charge is 0.352 e. The van der Waals surface area contributed by atoms with Gasteiger partial charge in [-0.15, -0.1) is 0 Å². The van der Waals surface area contributed by atoms with Gasteiger partial charge in [0.2, 0.25) is 0 Å². The molecule has 7 nitrogen and oxygen atoms in total. The van der Waals surface area contributed by atoms with Gasteiger partial charge in [-0.1, -0.05) is 12.1 Å². The molecule has 0 bridgehead atoms. The Bertz CT molecular complexity index is 1040. The molecule has 1 N–H and O–H groups in total. The highest BCUT2D eigenvalue weighted by atomic mass is 19.4. The molecular formula is C22H21F3N4O3. The Morgan fingerprint density at radius 3 is 2.50 bits per heavy atom. The van der Waals surface area contributed by atoms with Crippen LogP contribution in [0.25, 0.3) is 0 Å². The van der Waals surface area contributed by atoms with Gasteiger partial charge in [-0.05, 0) is 49.4 Å². The number of imide groups is 1. The maximum Gasteiger partial charge on any atom is 0.417 e. The fourth-order valence-corrected chi connectivity index (χ4v) is 3.53. The number of nitrogens with zero attached hydrogens (tertiary/aromatic N) is 3. The monoisotopic (exact) mass is 446 g/mol. The molecular weight excluding hydrogens is 425 g/mol. The lowest BCUT2D eigenvalue weighted by Gasteiger charge is -2.34. The van der Waals surface area contributed by atoms with Crippen molar-refractivity contribution in [2.75, 3.05) is 24.5 Å². The first-order chi connectivity index (χ1) is 15.3. The first-order valence-corrected chi connectivity index (χ1v) is 10.3. The van der Waals surface area contributed by atoms with E-state index in [0.29, 0.717) is 24.4 Å². The van der Waals surface area contributed by atoms with Gasteiger partial charge in [-0.3, -0.25) is 19.4 Å². The summed E-state index contributed by atoms with van der Waals surface area (Å²) in [5.41, 5.74) is -1.33. The van der Waals surface area contributed by atoms with Crippen molar-refractivity contribution < 1.29 is 27.6 Å². The van der Waals surface area contributed by atoms with Crippen LogP contribution in [0.5, 0.6) is 0 Å². The van der Waals surface area contributed by atoms with Crippen LogP contribution in [0.1, 0.15) is 45.5 Å². The second-order valence-corrected chi connectivity index (χ2v) is 7.85. The van der Waals surface area contributed by atoms with E-state index in [0.717, 1.165) is 29.9 Å². The molecule has 1 aromatic carbocycles. The van der Waals surface area contributed by atoms with Crippen molar-refractivity contribution in [3.05, 3.63) is 59.3 Å². The number of benzene rings is 1. The Kier molecular flexibility index (Phi) is 5.86. The lowest BCUT2D eigenvalue weighted by molar-refractivity contribution is -0.138. The van der Waals surface area contributed by atoms with Crippen LogP contribution in [0.4, 0.5) is 23.8 Å². The summed E-state index contributed by atoms with van der Waals surface area (Å²) in [7, 11) is 0. The molecule has 1 aliphatic carbocycles. The summed E-state index contributed by atoms with van der Waals surface area (Å²) >= 11 is 0. The van der Waals surface area contributed by atoms with Crippen LogP contribution >= 0.6 is 0 Å². The van der Waals surface area contributed by atoms with Crippen molar-refractivity contribution in [2.45, 2.75) is 25.4 Å². The topological polar surface area (TPSA) is 82.6 Å². The van der Waals surface area contributed by atoms with Crippen LogP contribution in [-0.4, -0.2) is 47.4 Å². The SMILES string of the molecule is O=C(NCC1CC1)c1ccc(N2CCCN(C(=O)c3ccccc3C(F)(F)F)C2=O)nc1. The van der Waals surface area contributed by atoms with E-state index in [2.05, 4.69) is 10.3 Å². The average molecular weight is 446 g/mol. The van der Waals surface area contributed by atoms with Crippen molar-refractivity contribution in [2.24, 2.45) is 5.92 Å². The molecule has 32 heavy (non-hydrogen) atoms. The number of carbonyl (C=O) groups excluding carboxylic acids is 3. The maximum atomic E-state index is 13.3. The molecule has 0 radical (unpaired) electrons. The number of hydrogen-bond donors (Lipinski definition) is 1. The van der Waals surface area contributed by atoms with Crippen LogP contribution in [-0.2, 0) is 6.18 Å². The van der Waals surface area contributed by atoms with E-state index in [1.165, 1.54) is 35.4 Å². The minimum absolute atomic E-state index is 0.00200. The fourth-order valence-electron chi connectivity index (χ4n) is 3.53. The van der Waals surface area contributed by atoms with Crippen molar-refractivity contribution in [3.63, 3.8) is 0 Å². The van der Waals surface area contributed by atoms with Gasteiger partial charge >= 0.3 is 12.2 Å². The van der Waals surface area contributed by atoms with Crippen LogP contribution in [0.15, 0.2) is 42.6 Å². The zero-order valence-electron chi connectivity index (χ0n) is 17.1. The highest BCUT2D eigenvalue weighted by molar-refractivity contribution is 6.09. The summed E-state index contributed by atoms with van der Waals surface area (Å²) in [6, 6.07) is 6.65. The van der Waals surface area contributed by atoms with Crippen molar-refractivity contribution in [3.8, 4) is 0 Å². The summed E-state index contributed by atoms with van der Waals surface area (Å²) in [5, 5.41) is 2.82. The van der Waals surface area contributed by atoms with Gasteiger partial charge in [-0.2, -0.15) is 13.2 Å². The third-order valence-electron chi connectivity index (χ3n) is 5.47. The number of pyridine rings is 1. The fraction of sp³-hybridized carbons (Fsp3) is 0.364. The van der Waals surface area contributed by atoms with E-state index in [4.69, 9.17) is 0 Å². The van der Waals surface area contributed by atoms with Crippen LogP contribution in [0.3, 0.4) is 0 Å². The van der Waals surface area contributed by atoms with Gasteiger partial charge < -0.3 is 5.32 Å². The van der Waals surface area contributed by atoms with Crippen LogP contribution in [0, 0.1) is 5.92 Å². The van der Waals surface area contributed by atoms with Gasteiger partial charge in [0, 0.05) is 25.8 Å². The molecule has 168 valence electrons. The minimum Gasteiger partial charge on any atom is -0.352 e. The Hall–Kier alpha value is -3.43. The number of anilines is 1. The highest BCUT2D eigenvalue weighted by Crippen LogP contribution is 2.33. The molecule has 2 fully saturated rings. The summed E-state index contributed by atoms with van der Waals surface area (Å²) in [6.07, 6.45) is -0.793. The summed E-state index contributed by atoms with van der Waals surface area (Å²) in [6.45, 7) is 0.868. The lowest BCUT2D eigenvalue weighted by Crippen LogP contribution is -2.52. The zero-order chi connectivity index (χ0) is 22.9. The predicted molar refractivity (Wildman–Crippen MR) is 109 cm³/mol. The van der Waals surface area contributed by atoms with Crippen molar-refractivity contribution in [1.29, 1.82) is 0 Å². The molecule has 4 rings (SSSR count). The van der Waals surface area contributed by atoms with Crippen molar-refractivity contribution in [1.82, 2.24) is 15.2 Å². The number of hydrogen-bond acceptors (Lipinski definition) is 4. The first kappa shape index (κ1) is 21.8. The number of amides is 4. The first-order valence-electron chi connectivity index (χ1n) is 10.3. The number of urea groups is 1. The Morgan fingerprint density at radius 1 is 1.09 bits per heavy atom. The summed E-state index contributed by atoms with van der Waals surface area (Å²) in [4.78, 5) is 44.1. The molecule has 0 unspecified atom stereocenters. The predicted octanol–water partition coefficient (Wildman–Crippen LogP) is 3.71. The van der Waals surface area contributed by atoms with Gasteiger partial charge in [0.05, 0.1) is 16.7 Å². The van der Waals surface area contributed by atoms with Gasteiger partial charge in [0.15, 0.2) is 0 Å². The molecule has 1 aliphatic heterocycles. The van der Waals surface area contributed by atoms with E-state index in [-0.39, 0.29) is 24.8 Å². The average Bonchev–Trinajstić information content (AvgIpc) is 3.61. The quantitative estimate of drug-likeness (QED) is 0.759. The third kappa shape index (κ3) is 4.58. The number of alkyl halides is 3. The summed E-state index contributed by atoms with van der Waals surface area (Å²) in [5.74, 6) is -0.524. The zero-order valence-corrected chi connectivity index (χ0v) is 17.1. The van der Waals surface area contributed by atoms with Gasteiger partial charge in [0.25, 0.3) is 11.8 Å². The third-order valence-corrected chi connectivity index (χ3v) is 5.47. The van der Waals surface area contributed by atoms with Gasteiger partial charge in [0.1, 0.15) is 5.82 Å². The number of halogens is 3. The Labute approximate surface area is 182 Å². The second kappa shape index (κ2) is 8.60. The highest BCUT2D eigenvalue weighted by Gasteiger charge is 2.39. The molecule has 10 heteroatoms. The molecule has 2 aromatic rings. The van der Waals surface area contributed by atoms with E-state index in [1.54, 1.807) is 0 Å². The Morgan fingerprint density at radius 2 is 1.84 bits per heavy atom.